The van der Waals surface area contributed by atoms with Crippen molar-refractivity contribution in [3.8, 4) is 11.8 Å². The van der Waals surface area contributed by atoms with Crippen molar-refractivity contribution in [2.75, 3.05) is 12.4 Å². The first-order chi connectivity index (χ1) is 10.2. The highest BCUT2D eigenvalue weighted by Crippen LogP contribution is 2.31. The van der Waals surface area contributed by atoms with Crippen molar-refractivity contribution in [2.24, 2.45) is 0 Å². The molecule has 0 amide bonds. The molecule has 21 heavy (non-hydrogen) atoms. The van der Waals surface area contributed by atoms with Gasteiger partial charge in [-0.25, -0.2) is 4.39 Å². The van der Waals surface area contributed by atoms with Crippen LogP contribution >= 0.6 is 0 Å². The average Bonchev–Trinajstić information content (AvgIpc) is 2.53. The first-order valence-corrected chi connectivity index (χ1v) is 6.78. The third kappa shape index (κ3) is 3.32. The maximum Gasteiger partial charge on any atom is 0.143 e. The number of nitriles is 1. The minimum atomic E-state index is -0.232. The zero-order valence-electron chi connectivity index (χ0n) is 12.1. The predicted octanol–water partition coefficient (Wildman–Crippen LogP) is 4.27. The van der Waals surface area contributed by atoms with Gasteiger partial charge in [0, 0.05) is 11.6 Å². The van der Waals surface area contributed by atoms with Crippen LogP contribution in [0.25, 0.3) is 0 Å². The molecule has 2 aromatic carbocycles. The molecule has 0 fully saturated rings. The van der Waals surface area contributed by atoms with Crippen LogP contribution in [0.2, 0.25) is 0 Å². The van der Waals surface area contributed by atoms with E-state index in [0.717, 1.165) is 12.1 Å². The Labute approximate surface area is 124 Å². The topological polar surface area (TPSA) is 45.0 Å². The van der Waals surface area contributed by atoms with Gasteiger partial charge in [-0.3, -0.25) is 0 Å². The highest BCUT2D eigenvalue weighted by molar-refractivity contribution is 5.60. The maximum atomic E-state index is 13.9. The van der Waals surface area contributed by atoms with Crippen molar-refractivity contribution < 1.29 is 9.13 Å². The molecule has 0 radical (unpaired) electrons. The number of anilines is 1. The van der Waals surface area contributed by atoms with Crippen LogP contribution in [0, 0.1) is 17.1 Å². The summed E-state index contributed by atoms with van der Waals surface area (Å²) in [5, 5.41) is 12.2. The molecule has 0 aliphatic heterocycles. The number of nitrogens with zero attached hydrogens (tertiary/aromatic N) is 1. The number of ether oxygens (including phenoxy) is 1. The minimum absolute atomic E-state index is 0.159. The van der Waals surface area contributed by atoms with E-state index >= 15 is 0 Å². The SMILES string of the molecule is CCC(Nc1ccc(C#N)cc1OC)c1ccccc1F. The van der Waals surface area contributed by atoms with E-state index in [-0.39, 0.29) is 11.9 Å². The van der Waals surface area contributed by atoms with Crippen LogP contribution in [0.1, 0.15) is 30.5 Å². The van der Waals surface area contributed by atoms with Crippen molar-refractivity contribution in [1.82, 2.24) is 0 Å². The van der Waals surface area contributed by atoms with E-state index in [2.05, 4.69) is 11.4 Å². The van der Waals surface area contributed by atoms with Crippen LogP contribution in [0.15, 0.2) is 42.5 Å². The Morgan fingerprint density at radius 3 is 2.67 bits per heavy atom. The second kappa shape index (κ2) is 6.76. The molecule has 1 unspecified atom stereocenters. The fraction of sp³-hybridized carbons (Fsp3) is 0.235. The van der Waals surface area contributed by atoms with Crippen molar-refractivity contribution in [2.45, 2.75) is 19.4 Å². The number of hydrogen-bond donors (Lipinski definition) is 1. The van der Waals surface area contributed by atoms with Crippen molar-refractivity contribution in [3.05, 3.63) is 59.4 Å². The zero-order chi connectivity index (χ0) is 15.2. The van der Waals surface area contributed by atoms with Crippen LogP contribution in [-0.2, 0) is 0 Å². The van der Waals surface area contributed by atoms with Crippen molar-refractivity contribution in [1.29, 1.82) is 5.26 Å². The Kier molecular flexibility index (Phi) is 4.78. The molecule has 0 saturated carbocycles. The fourth-order valence-electron chi connectivity index (χ4n) is 2.23. The van der Waals surface area contributed by atoms with Crippen LogP contribution in [0.3, 0.4) is 0 Å². The quantitative estimate of drug-likeness (QED) is 0.891. The van der Waals surface area contributed by atoms with Gasteiger partial charge in [0.15, 0.2) is 0 Å². The number of nitrogens with one attached hydrogen (secondary N) is 1. The van der Waals surface area contributed by atoms with E-state index in [1.165, 1.54) is 6.07 Å². The summed E-state index contributed by atoms with van der Waals surface area (Å²) in [6.07, 6.45) is 0.726. The molecule has 108 valence electrons. The Hall–Kier alpha value is -2.54. The number of benzene rings is 2. The van der Waals surface area contributed by atoms with Gasteiger partial charge in [0.25, 0.3) is 0 Å². The Bertz CT molecular complexity index is 664. The van der Waals surface area contributed by atoms with Gasteiger partial charge in [-0.1, -0.05) is 25.1 Å². The predicted molar refractivity (Wildman–Crippen MR) is 80.8 cm³/mol. The average molecular weight is 284 g/mol. The summed E-state index contributed by atoms with van der Waals surface area (Å²) in [5.41, 5.74) is 1.88. The van der Waals surface area contributed by atoms with E-state index in [0.29, 0.717) is 16.9 Å². The van der Waals surface area contributed by atoms with Crippen LogP contribution in [-0.4, -0.2) is 7.11 Å². The number of rotatable bonds is 5. The van der Waals surface area contributed by atoms with E-state index in [1.54, 1.807) is 37.4 Å². The molecule has 0 spiro atoms. The summed E-state index contributed by atoms with van der Waals surface area (Å²) in [5.74, 6) is 0.341. The van der Waals surface area contributed by atoms with Gasteiger partial charge in [0.1, 0.15) is 11.6 Å². The van der Waals surface area contributed by atoms with Gasteiger partial charge in [-0.15, -0.1) is 0 Å². The normalized spacial score (nSPS) is 11.5. The summed E-state index contributed by atoms with van der Waals surface area (Å²) in [6, 6.07) is 13.8. The van der Waals surface area contributed by atoms with Crippen LogP contribution in [0.5, 0.6) is 5.75 Å². The lowest BCUT2D eigenvalue weighted by Gasteiger charge is -2.21. The maximum absolute atomic E-state index is 13.9. The first-order valence-electron chi connectivity index (χ1n) is 6.78. The lowest BCUT2D eigenvalue weighted by Crippen LogP contribution is -2.12. The summed E-state index contributed by atoms with van der Waals surface area (Å²) in [6.45, 7) is 1.99. The third-order valence-corrected chi connectivity index (χ3v) is 3.35. The largest absolute Gasteiger partial charge is 0.495 e. The molecule has 2 rings (SSSR count). The monoisotopic (exact) mass is 284 g/mol. The van der Waals surface area contributed by atoms with Crippen LogP contribution in [0.4, 0.5) is 10.1 Å². The van der Waals surface area contributed by atoms with E-state index < -0.39 is 0 Å². The number of halogens is 1. The molecule has 0 aromatic heterocycles. The third-order valence-electron chi connectivity index (χ3n) is 3.35. The standard InChI is InChI=1S/C17H17FN2O/c1-3-15(13-6-4-5-7-14(13)18)20-16-9-8-12(11-19)10-17(16)21-2/h4-10,15,20H,3H2,1-2H3. The minimum Gasteiger partial charge on any atom is -0.495 e. The zero-order valence-corrected chi connectivity index (χ0v) is 12.1. The Morgan fingerprint density at radius 1 is 1.29 bits per heavy atom. The van der Waals surface area contributed by atoms with E-state index in [9.17, 15) is 4.39 Å². The molecular weight excluding hydrogens is 267 g/mol. The van der Waals surface area contributed by atoms with Crippen LogP contribution < -0.4 is 10.1 Å². The van der Waals surface area contributed by atoms with E-state index in [4.69, 9.17) is 10.00 Å². The van der Waals surface area contributed by atoms with Gasteiger partial charge in [0.2, 0.25) is 0 Å². The fourth-order valence-corrected chi connectivity index (χ4v) is 2.23. The second-order valence-corrected chi connectivity index (χ2v) is 4.65. The van der Waals surface area contributed by atoms with E-state index in [1.807, 2.05) is 13.0 Å². The molecule has 3 nitrogen and oxygen atoms in total. The molecule has 2 aromatic rings. The van der Waals surface area contributed by atoms with Gasteiger partial charge in [0.05, 0.1) is 30.5 Å². The van der Waals surface area contributed by atoms with Gasteiger partial charge in [-0.2, -0.15) is 5.26 Å². The Morgan fingerprint density at radius 2 is 2.05 bits per heavy atom. The lowest BCUT2D eigenvalue weighted by atomic mass is 10.0. The molecular formula is C17H17FN2O. The summed E-state index contributed by atoms with van der Waals surface area (Å²) >= 11 is 0. The van der Waals surface area contributed by atoms with Gasteiger partial charge in [-0.05, 0) is 24.6 Å². The number of hydrogen-bond acceptors (Lipinski definition) is 3. The molecule has 4 heteroatoms. The number of methoxy groups -OCH3 is 1. The Balaban J connectivity index is 2.31. The highest BCUT2D eigenvalue weighted by atomic mass is 19.1. The molecule has 0 bridgehead atoms. The molecule has 1 N–H and O–H groups in total. The second-order valence-electron chi connectivity index (χ2n) is 4.65. The highest BCUT2D eigenvalue weighted by Gasteiger charge is 2.15. The molecule has 0 heterocycles. The summed E-state index contributed by atoms with van der Waals surface area (Å²) < 4.78 is 19.2. The molecule has 0 saturated heterocycles. The van der Waals surface area contributed by atoms with Gasteiger partial charge < -0.3 is 10.1 Å². The molecule has 1 atom stereocenters. The van der Waals surface area contributed by atoms with Crippen molar-refractivity contribution in [3.63, 3.8) is 0 Å². The van der Waals surface area contributed by atoms with Gasteiger partial charge >= 0.3 is 0 Å². The lowest BCUT2D eigenvalue weighted by molar-refractivity contribution is 0.415. The van der Waals surface area contributed by atoms with Crippen molar-refractivity contribution >= 4 is 5.69 Å². The summed E-state index contributed by atoms with van der Waals surface area (Å²) in [7, 11) is 1.55. The molecule has 0 aliphatic rings. The smallest absolute Gasteiger partial charge is 0.143 e. The molecule has 0 aliphatic carbocycles. The summed E-state index contributed by atoms with van der Waals surface area (Å²) in [4.78, 5) is 0. The first kappa shape index (κ1) is 14.9.